The van der Waals surface area contributed by atoms with Crippen LogP contribution in [0, 0.1) is 0 Å². The van der Waals surface area contributed by atoms with Crippen LogP contribution in [0.1, 0.15) is 16.2 Å². The van der Waals surface area contributed by atoms with Crippen molar-refractivity contribution in [1.82, 2.24) is 10.1 Å². The lowest BCUT2D eigenvalue weighted by Gasteiger charge is -2.04. The van der Waals surface area contributed by atoms with Crippen LogP contribution < -0.4 is 4.74 Å². The van der Waals surface area contributed by atoms with Gasteiger partial charge in [-0.1, -0.05) is 17.3 Å². The number of hydrogen-bond acceptors (Lipinski definition) is 7. The summed E-state index contributed by atoms with van der Waals surface area (Å²) in [6.45, 7) is -0.0750. The maximum atomic E-state index is 12.0. The predicted molar refractivity (Wildman–Crippen MR) is 79.7 cm³/mol. The first-order valence-corrected chi connectivity index (χ1v) is 7.32. The molecule has 1 aromatic carbocycles. The summed E-state index contributed by atoms with van der Waals surface area (Å²) in [5, 5.41) is 5.77. The van der Waals surface area contributed by atoms with Gasteiger partial charge in [-0.05, 0) is 29.6 Å². The van der Waals surface area contributed by atoms with Gasteiger partial charge in [0.15, 0.2) is 6.61 Å². The van der Waals surface area contributed by atoms with E-state index in [0.29, 0.717) is 17.1 Å². The second kappa shape index (κ2) is 6.40. The third-order valence-corrected chi connectivity index (χ3v) is 3.71. The molecule has 0 unspecified atom stereocenters. The Kier molecular flexibility index (Phi) is 4.15. The molecule has 112 valence electrons. The van der Waals surface area contributed by atoms with Gasteiger partial charge in [0, 0.05) is 0 Å². The number of benzene rings is 1. The molecule has 22 heavy (non-hydrogen) atoms. The summed E-state index contributed by atoms with van der Waals surface area (Å²) in [5.74, 6) is 0.851. The zero-order chi connectivity index (χ0) is 15.4. The summed E-state index contributed by atoms with van der Waals surface area (Å²) in [7, 11) is 1.54. The zero-order valence-electron chi connectivity index (χ0n) is 11.7. The summed E-state index contributed by atoms with van der Waals surface area (Å²) in [5.41, 5.74) is 0.400. The predicted octanol–water partition coefficient (Wildman–Crippen LogP) is 3.16. The Morgan fingerprint density at radius 2 is 2.23 bits per heavy atom. The maximum absolute atomic E-state index is 12.0. The molecule has 0 radical (unpaired) electrons. The minimum Gasteiger partial charge on any atom is -0.497 e. The van der Waals surface area contributed by atoms with E-state index in [0.717, 1.165) is 4.88 Å². The average Bonchev–Trinajstić information content (AvgIpc) is 3.23. The third kappa shape index (κ3) is 3.15. The van der Waals surface area contributed by atoms with Gasteiger partial charge in [-0.15, -0.1) is 11.3 Å². The van der Waals surface area contributed by atoms with Gasteiger partial charge in [0.1, 0.15) is 5.75 Å². The second-order valence-electron chi connectivity index (χ2n) is 4.30. The van der Waals surface area contributed by atoms with Crippen molar-refractivity contribution in [3.63, 3.8) is 0 Å². The van der Waals surface area contributed by atoms with Crippen LogP contribution >= 0.6 is 11.3 Å². The van der Waals surface area contributed by atoms with E-state index in [1.807, 2.05) is 17.5 Å². The molecule has 0 aliphatic heterocycles. The summed E-state index contributed by atoms with van der Waals surface area (Å²) in [6.07, 6.45) is 0. The lowest BCUT2D eigenvalue weighted by atomic mass is 10.2. The molecule has 3 rings (SSSR count). The van der Waals surface area contributed by atoms with E-state index in [4.69, 9.17) is 14.0 Å². The molecular formula is C15H12N2O4S. The first-order valence-electron chi connectivity index (χ1n) is 6.44. The molecule has 0 spiro atoms. The molecule has 0 N–H and O–H groups in total. The number of esters is 1. The number of aromatic nitrogens is 2. The zero-order valence-corrected chi connectivity index (χ0v) is 12.5. The lowest BCUT2D eigenvalue weighted by Crippen LogP contribution is -2.05. The molecule has 0 aliphatic carbocycles. The number of hydrogen-bond donors (Lipinski definition) is 0. The number of carbonyl (C=O) groups is 1. The van der Waals surface area contributed by atoms with E-state index in [1.165, 1.54) is 18.4 Å². The molecule has 0 atom stereocenters. The van der Waals surface area contributed by atoms with E-state index < -0.39 is 5.97 Å². The second-order valence-corrected chi connectivity index (χ2v) is 5.24. The SMILES string of the molecule is COc1cccc(C(=O)OCc2nc(-c3cccs3)no2)c1. The number of thiophene rings is 1. The van der Waals surface area contributed by atoms with Crippen LogP contribution in [0.25, 0.3) is 10.7 Å². The summed E-state index contributed by atoms with van der Waals surface area (Å²) in [6, 6.07) is 10.5. The highest BCUT2D eigenvalue weighted by Crippen LogP contribution is 2.21. The van der Waals surface area contributed by atoms with Crippen LogP contribution in [0.4, 0.5) is 0 Å². The number of rotatable bonds is 5. The fourth-order valence-electron chi connectivity index (χ4n) is 1.78. The molecule has 0 bridgehead atoms. The van der Waals surface area contributed by atoms with Gasteiger partial charge in [0.2, 0.25) is 5.82 Å². The summed E-state index contributed by atoms with van der Waals surface area (Å²) < 4.78 is 15.3. The Hall–Kier alpha value is -2.67. The summed E-state index contributed by atoms with van der Waals surface area (Å²) in [4.78, 5) is 17.0. The molecule has 7 heteroatoms. The Morgan fingerprint density at radius 1 is 1.32 bits per heavy atom. The topological polar surface area (TPSA) is 74.5 Å². The van der Waals surface area contributed by atoms with E-state index in [1.54, 1.807) is 24.3 Å². The highest BCUT2D eigenvalue weighted by molar-refractivity contribution is 7.13. The van der Waals surface area contributed by atoms with Crippen molar-refractivity contribution in [2.45, 2.75) is 6.61 Å². The van der Waals surface area contributed by atoms with Crippen LogP contribution in [0.5, 0.6) is 5.75 Å². The number of methoxy groups -OCH3 is 1. The largest absolute Gasteiger partial charge is 0.497 e. The smallest absolute Gasteiger partial charge is 0.338 e. The van der Waals surface area contributed by atoms with Gasteiger partial charge < -0.3 is 14.0 Å². The van der Waals surface area contributed by atoms with Crippen molar-refractivity contribution < 1.29 is 18.8 Å². The highest BCUT2D eigenvalue weighted by atomic mass is 32.1. The van der Waals surface area contributed by atoms with Gasteiger partial charge in [0.25, 0.3) is 5.89 Å². The number of ether oxygens (including phenoxy) is 2. The van der Waals surface area contributed by atoms with Crippen LogP contribution in [0.15, 0.2) is 46.3 Å². The number of nitrogens with zero attached hydrogens (tertiary/aromatic N) is 2. The van der Waals surface area contributed by atoms with Crippen molar-refractivity contribution in [1.29, 1.82) is 0 Å². The van der Waals surface area contributed by atoms with Gasteiger partial charge in [-0.25, -0.2) is 4.79 Å². The molecule has 0 fully saturated rings. The van der Waals surface area contributed by atoms with Gasteiger partial charge in [-0.2, -0.15) is 4.98 Å². The Morgan fingerprint density at radius 3 is 3.00 bits per heavy atom. The Bertz CT molecular complexity index is 767. The minimum atomic E-state index is -0.477. The monoisotopic (exact) mass is 316 g/mol. The standard InChI is InChI=1S/C15H12N2O4S/c1-19-11-5-2-4-10(8-11)15(18)20-9-13-16-14(17-21-13)12-6-3-7-22-12/h2-8H,9H2,1H3. The molecule has 3 aromatic rings. The maximum Gasteiger partial charge on any atom is 0.338 e. The van der Waals surface area contributed by atoms with Crippen molar-refractivity contribution >= 4 is 17.3 Å². The molecule has 0 saturated heterocycles. The molecule has 0 saturated carbocycles. The minimum absolute atomic E-state index is 0.0750. The number of carbonyl (C=O) groups excluding carboxylic acids is 1. The van der Waals surface area contributed by atoms with Crippen molar-refractivity contribution in [3.05, 3.63) is 53.2 Å². The van der Waals surface area contributed by atoms with E-state index >= 15 is 0 Å². The first-order chi connectivity index (χ1) is 10.8. The molecule has 0 aliphatic rings. The van der Waals surface area contributed by atoms with Crippen LogP contribution in [-0.4, -0.2) is 23.2 Å². The van der Waals surface area contributed by atoms with Gasteiger partial charge >= 0.3 is 5.97 Å². The lowest BCUT2D eigenvalue weighted by molar-refractivity contribution is 0.0429. The Labute approximate surface area is 130 Å². The Balaban J connectivity index is 1.63. The molecular weight excluding hydrogens is 304 g/mol. The van der Waals surface area contributed by atoms with Crippen molar-refractivity contribution in [2.24, 2.45) is 0 Å². The van der Waals surface area contributed by atoms with Gasteiger partial charge in [0.05, 0.1) is 17.6 Å². The molecule has 0 amide bonds. The van der Waals surface area contributed by atoms with E-state index in [-0.39, 0.29) is 12.5 Å². The normalized spacial score (nSPS) is 10.4. The van der Waals surface area contributed by atoms with Crippen LogP contribution in [0.3, 0.4) is 0 Å². The van der Waals surface area contributed by atoms with Crippen molar-refractivity contribution in [2.75, 3.05) is 7.11 Å². The third-order valence-electron chi connectivity index (χ3n) is 2.84. The van der Waals surface area contributed by atoms with E-state index in [2.05, 4.69) is 10.1 Å². The fourth-order valence-corrected chi connectivity index (χ4v) is 2.43. The van der Waals surface area contributed by atoms with Crippen molar-refractivity contribution in [3.8, 4) is 16.5 Å². The van der Waals surface area contributed by atoms with Crippen LogP contribution in [0.2, 0.25) is 0 Å². The molecule has 6 nitrogen and oxygen atoms in total. The van der Waals surface area contributed by atoms with Gasteiger partial charge in [-0.3, -0.25) is 0 Å². The van der Waals surface area contributed by atoms with E-state index in [9.17, 15) is 4.79 Å². The fraction of sp³-hybridized carbons (Fsp3) is 0.133. The van der Waals surface area contributed by atoms with Crippen LogP contribution in [-0.2, 0) is 11.3 Å². The quantitative estimate of drug-likeness (QED) is 0.673. The summed E-state index contributed by atoms with van der Waals surface area (Å²) >= 11 is 1.51. The average molecular weight is 316 g/mol. The first kappa shape index (κ1) is 14.3. The molecule has 2 heterocycles. The molecule has 2 aromatic heterocycles. The highest BCUT2D eigenvalue weighted by Gasteiger charge is 2.13.